The van der Waals surface area contributed by atoms with E-state index in [4.69, 9.17) is 28.2 Å². The number of hydrogen-bond donors (Lipinski definition) is 0. The summed E-state index contributed by atoms with van der Waals surface area (Å²) >= 11 is 0. The molecule has 8 heteroatoms. The van der Waals surface area contributed by atoms with Gasteiger partial charge in [0.15, 0.2) is 0 Å². The van der Waals surface area contributed by atoms with E-state index in [0.29, 0.717) is 58.6 Å². The predicted molar refractivity (Wildman–Crippen MR) is 96.5 cm³/mol. The molecule has 0 aliphatic rings. The molecule has 146 valence electrons. The standard InChI is InChI=1S/C16H35O7P/c1-18-8-10-21-7-6-16(17)23-24(4,5,14-12-20-3)15-13-22-11-9-19-2/h6-15H2,1-5H3. The molecule has 7 nitrogen and oxygen atoms in total. The Labute approximate surface area is 146 Å². The molecule has 0 N–H and O–H groups in total. The predicted octanol–water partition coefficient (Wildman–Crippen LogP) is 1.62. The number of hydrogen-bond acceptors (Lipinski definition) is 7. The minimum absolute atomic E-state index is 0.233. The summed E-state index contributed by atoms with van der Waals surface area (Å²) in [6, 6.07) is 0. The first-order valence-electron chi connectivity index (χ1n) is 8.22. The van der Waals surface area contributed by atoms with E-state index in [2.05, 4.69) is 0 Å². The molecule has 0 amide bonds. The molecule has 0 atom stereocenters. The van der Waals surface area contributed by atoms with Crippen LogP contribution in [0, 0.1) is 0 Å². The molecular weight excluding hydrogens is 335 g/mol. The van der Waals surface area contributed by atoms with Crippen LogP contribution in [0.5, 0.6) is 0 Å². The number of ether oxygens (including phenoxy) is 5. The summed E-state index contributed by atoms with van der Waals surface area (Å²) in [4.78, 5) is 12.2. The number of methoxy groups -OCH3 is 3. The molecule has 0 saturated heterocycles. The maximum absolute atomic E-state index is 12.2. The zero-order valence-corrected chi connectivity index (χ0v) is 16.8. The van der Waals surface area contributed by atoms with Gasteiger partial charge < -0.3 is 0 Å². The monoisotopic (exact) mass is 370 g/mol. The van der Waals surface area contributed by atoms with Gasteiger partial charge in [0, 0.05) is 0 Å². The Morgan fingerprint density at radius 2 is 1.21 bits per heavy atom. The molecule has 0 aromatic heterocycles. The topological polar surface area (TPSA) is 72.5 Å². The van der Waals surface area contributed by atoms with Gasteiger partial charge in [0.05, 0.1) is 0 Å². The summed E-state index contributed by atoms with van der Waals surface area (Å²) in [7, 11) is 4.90. The van der Waals surface area contributed by atoms with Crippen LogP contribution in [-0.2, 0) is 33.0 Å². The van der Waals surface area contributed by atoms with Crippen LogP contribution in [0.1, 0.15) is 6.42 Å². The van der Waals surface area contributed by atoms with Gasteiger partial charge in [-0.1, -0.05) is 0 Å². The third kappa shape index (κ3) is 12.1. The van der Waals surface area contributed by atoms with Crippen molar-refractivity contribution in [3.8, 4) is 0 Å². The summed E-state index contributed by atoms with van der Waals surface area (Å²) in [5.74, 6) is -0.233. The van der Waals surface area contributed by atoms with Gasteiger partial charge in [-0.3, -0.25) is 0 Å². The fraction of sp³-hybridized carbons (Fsp3) is 0.938. The van der Waals surface area contributed by atoms with Gasteiger partial charge in [0.25, 0.3) is 0 Å². The van der Waals surface area contributed by atoms with Crippen LogP contribution in [0.2, 0.25) is 0 Å². The molecule has 0 aromatic carbocycles. The molecular formula is C16H35O7P. The van der Waals surface area contributed by atoms with Gasteiger partial charge in [-0.05, 0) is 0 Å². The molecule has 24 heavy (non-hydrogen) atoms. The summed E-state index contributed by atoms with van der Waals surface area (Å²) < 4.78 is 31.9. The summed E-state index contributed by atoms with van der Waals surface area (Å²) in [6.07, 6.45) is 1.65. The van der Waals surface area contributed by atoms with E-state index >= 15 is 0 Å². The first-order chi connectivity index (χ1) is 11.4. The van der Waals surface area contributed by atoms with Gasteiger partial charge in [-0.25, -0.2) is 0 Å². The third-order valence-electron chi connectivity index (χ3n) is 3.65. The molecule has 0 heterocycles. The van der Waals surface area contributed by atoms with Crippen molar-refractivity contribution in [2.75, 3.05) is 93.2 Å². The molecule has 0 radical (unpaired) electrons. The fourth-order valence-corrected chi connectivity index (χ4v) is 4.61. The van der Waals surface area contributed by atoms with Crippen LogP contribution in [0.3, 0.4) is 0 Å². The van der Waals surface area contributed by atoms with Crippen molar-refractivity contribution in [3.63, 3.8) is 0 Å². The molecule has 0 aromatic rings. The Bertz CT molecular complexity index is 336. The van der Waals surface area contributed by atoms with Crippen molar-refractivity contribution in [1.82, 2.24) is 0 Å². The zero-order chi connectivity index (χ0) is 18.3. The van der Waals surface area contributed by atoms with Crippen LogP contribution in [0.15, 0.2) is 0 Å². The van der Waals surface area contributed by atoms with Gasteiger partial charge in [0.1, 0.15) is 0 Å². The van der Waals surface area contributed by atoms with E-state index in [1.54, 1.807) is 21.3 Å². The van der Waals surface area contributed by atoms with Crippen molar-refractivity contribution in [1.29, 1.82) is 0 Å². The molecule has 0 saturated carbocycles. The van der Waals surface area contributed by atoms with E-state index in [1.165, 1.54) is 0 Å². The van der Waals surface area contributed by atoms with E-state index in [-0.39, 0.29) is 12.4 Å². The van der Waals surface area contributed by atoms with Gasteiger partial charge in [-0.2, -0.15) is 0 Å². The van der Waals surface area contributed by atoms with E-state index in [1.807, 2.05) is 13.3 Å². The number of carbonyl (C=O) groups is 1. The molecule has 0 fully saturated rings. The molecule has 0 rings (SSSR count). The Kier molecular flexibility index (Phi) is 12.8. The second-order valence-electron chi connectivity index (χ2n) is 6.42. The van der Waals surface area contributed by atoms with Gasteiger partial charge in [-0.15, -0.1) is 0 Å². The average Bonchev–Trinajstić information content (AvgIpc) is 2.52. The second-order valence-corrected chi connectivity index (χ2v) is 12.6. The Morgan fingerprint density at radius 3 is 1.75 bits per heavy atom. The van der Waals surface area contributed by atoms with E-state index in [9.17, 15) is 4.79 Å². The number of carbonyl (C=O) groups excluding carboxylic acids is 1. The van der Waals surface area contributed by atoms with Crippen molar-refractivity contribution in [2.24, 2.45) is 0 Å². The summed E-state index contributed by atoms with van der Waals surface area (Å²) in [6.45, 7) is 4.94. The van der Waals surface area contributed by atoms with Crippen LogP contribution in [0.25, 0.3) is 0 Å². The van der Waals surface area contributed by atoms with Crippen LogP contribution < -0.4 is 0 Å². The van der Waals surface area contributed by atoms with E-state index < -0.39 is 6.83 Å². The molecule has 0 spiro atoms. The Morgan fingerprint density at radius 1 is 0.708 bits per heavy atom. The molecule has 0 bridgehead atoms. The zero-order valence-electron chi connectivity index (χ0n) is 15.9. The minimum atomic E-state index is -2.67. The fourth-order valence-electron chi connectivity index (χ4n) is 1.97. The van der Waals surface area contributed by atoms with E-state index in [0.717, 1.165) is 0 Å². The second kappa shape index (κ2) is 13.0. The molecule has 0 aliphatic carbocycles. The third-order valence-corrected chi connectivity index (χ3v) is 7.63. The SMILES string of the molecule is COCCOCCC(=O)OP(C)(C)(CCOC)CCOCCOC. The van der Waals surface area contributed by atoms with Crippen molar-refractivity contribution >= 4 is 12.8 Å². The van der Waals surface area contributed by atoms with Crippen molar-refractivity contribution < 1.29 is 33.0 Å². The molecule has 0 unspecified atom stereocenters. The first-order valence-corrected chi connectivity index (χ1v) is 11.6. The Balaban J connectivity index is 4.39. The first kappa shape index (κ1) is 23.7. The average molecular weight is 370 g/mol. The normalized spacial score (nSPS) is 13.5. The quantitative estimate of drug-likeness (QED) is 0.302. The van der Waals surface area contributed by atoms with Crippen LogP contribution in [0.4, 0.5) is 0 Å². The van der Waals surface area contributed by atoms with Crippen molar-refractivity contribution in [2.45, 2.75) is 6.42 Å². The molecule has 0 aliphatic heterocycles. The van der Waals surface area contributed by atoms with Crippen molar-refractivity contribution in [3.05, 3.63) is 0 Å². The van der Waals surface area contributed by atoms with Crippen LogP contribution >= 0.6 is 6.83 Å². The Hall–Kier alpha value is -0.300. The summed E-state index contributed by atoms with van der Waals surface area (Å²) in [5.41, 5.74) is 0. The van der Waals surface area contributed by atoms with Gasteiger partial charge >= 0.3 is 145 Å². The summed E-state index contributed by atoms with van der Waals surface area (Å²) in [5, 5.41) is 0. The van der Waals surface area contributed by atoms with Crippen LogP contribution in [-0.4, -0.2) is 99.2 Å². The van der Waals surface area contributed by atoms with Gasteiger partial charge in [0.2, 0.25) is 0 Å². The maximum atomic E-state index is 12.2. The number of rotatable bonds is 16.